The highest BCUT2D eigenvalue weighted by atomic mass is 32.2. The SMILES string of the molecule is CCOc1ccc(C(=O)N2CC(N3C(=O)CSC3=O)C2)cc1OCC. The zero-order valence-electron chi connectivity index (χ0n) is 14.2. The number of rotatable bonds is 6. The van der Waals surface area contributed by atoms with Crippen LogP contribution in [0.3, 0.4) is 0 Å². The molecule has 0 saturated carbocycles. The Balaban J connectivity index is 1.67. The average molecular weight is 364 g/mol. The average Bonchev–Trinajstić information content (AvgIpc) is 2.88. The van der Waals surface area contributed by atoms with Gasteiger partial charge in [-0.3, -0.25) is 19.3 Å². The quantitative estimate of drug-likeness (QED) is 0.768. The highest BCUT2D eigenvalue weighted by Gasteiger charge is 2.43. The van der Waals surface area contributed by atoms with Crippen LogP contribution in [0.15, 0.2) is 18.2 Å². The second-order valence-corrected chi connectivity index (χ2v) is 6.64. The predicted molar refractivity (Wildman–Crippen MR) is 93.2 cm³/mol. The molecule has 0 aromatic heterocycles. The van der Waals surface area contributed by atoms with Gasteiger partial charge in [-0.05, 0) is 32.0 Å². The largest absolute Gasteiger partial charge is 0.490 e. The molecule has 0 spiro atoms. The predicted octanol–water partition coefficient (Wildman–Crippen LogP) is 2.00. The summed E-state index contributed by atoms with van der Waals surface area (Å²) in [7, 11) is 0. The van der Waals surface area contributed by atoms with Crippen molar-refractivity contribution in [1.82, 2.24) is 9.80 Å². The van der Waals surface area contributed by atoms with Crippen LogP contribution < -0.4 is 9.47 Å². The van der Waals surface area contributed by atoms with E-state index in [9.17, 15) is 14.4 Å². The van der Waals surface area contributed by atoms with Crippen LogP contribution in [0.2, 0.25) is 0 Å². The topological polar surface area (TPSA) is 76.2 Å². The lowest BCUT2D eigenvalue weighted by molar-refractivity contribution is -0.128. The summed E-state index contributed by atoms with van der Waals surface area (Å²) in [5.74, 6) is 1.01. The van der Waals surface area contributed by atoms with E-state index < -0.39 is 0 Å². The van der Waals surface area contributed by atoms with Gasteiger partial charge in [0.05, 0.1) is 25.0 Å². The maximum absolute atomic E-state index is 12.6. The summed E-state index contributed by atoms with van der Waals surface area (Å²) in [6.07, 6.45) is 0. The number of likely N-dealkylation sites (tertiary alicyclic amines) is 1. The van der Waals surface area contributed by atoms with Gasteiger partial charge in [0, 0.05) is 18.7 Å². The summed E-state index contributed by atoms with van der Waals surface area (Å²) >= 11 is 1.01. The molecule has 2 fully saturated rings. The van der Waals surface area contributed by atoms with Crippen LogP contribution in [0.5, 0.6) is 11.5 Å². The molecular formula is C17H20N2O5S. The monoisotopic (exact) mass is 364 g/mol. The second-order valence-electron chi connectivity index (χ2n) is 5.71. The number of thioether (sulfide) groups is 1. The van der Waals surface area contributed by atoms with E-state index in [-0.39, 0.29) is 28.8 Å². The maximum atomic E-state index is 12.6. The highest BCUT2D eigenvalue weighted by Crippen LogP contribution is 2.31. The molecule has 2 aliphatic heterocycles. The molecule has 2 heterocycles. The van der Waals surface area contributed by atoms with Crippen molar-refractivity contribution >= 4 is 28.8 Å². The number of imide groups is 1. The maximum Gasteiger partial charge on any atom is 0.289 e. The third-order valence-electron chi connectivity index (χ3n) is 4.09. The minimum Gasteiger partial charge on any atom is -0.490 e. The Morgan fingerprint density at radius 3 is 2.44 bits per heavy atom. The molecule has 0 unspecified atom stereocenters. The van der Waals surface area contributed by atoms with Gasteiger partial charge in [-0.2, -0.15) is 0 Å². The zero-order chi connectivity index (χ0) is 18.0. The van der Waals surface area contributed by atoms with E-state index in [1.54, 1.807) is 23.1 Å². The summed E-state index contributed by atoms with van der Waals surface area (Å²) < 4.78 is 11.0. The second kappa shape index (κ2) is 7.35. The number of amides is 3. The Hall–Kier alpha value is -2.22. The van der Waals surface area contributed by atoms with Gasteiger partial charge in [0.25, 0.3) is 11.1 Å². The standard InChI is InChI=1S/C17H20N2O5S/c1-3-23-13-6-5-11(7-14(13)24-4-2)16(21)18-8-12(9-18)19-15(20)10-25-17(19)22/h5-7,12H,3-4,8-10H2,1-2H3. The van der Waals surface area contributed by atoms with E-state index in [1.807, 2.05) is 13.8 Å². The van der Waals surface area contributed by atoms with Gasteiger partial charge in [-0.25, -0.2) is 0 Å². The van der Waals surface area contributed by atoms with Gasteiger partial charge in [0.1, 0.15) is 0 Å². The smallest absolute Gasteiger partial charge is 0.289 e. The van der Waals surface area contributed by atoms with Crippen molar-refractivity contribution in [3.8, 4) is 11.5 Å². The molecule has 0 bridgehead atoms. The number of benzene rings is 1. The van der Waals surface area contributed by atoms with Crippen LogP contribution in [0.4, 0.5) is 4.79 Å². The van der Waals surface area contributed by atoms with E-state index in [1.165, 1.54) is 4.90 Å². The molecule has 2 aliphatic rings. The van der Waals surface area contributed by atoms with Gasteiger partial charge < -0.3 is 14.4 Å². The van der Waals surface area contributed by atoms with Gasteiger partial charge in [0.15, 0.2) is 11.5 Å². The molecule has 0 aliphatic carbocycles. The van der Waals surface area contributed by atoms with Gasteiger partial charge >= 0.3 is 0 Å². The van der Waals surface area contributed by atoms with Crippen LogP contribution in [0.25, 0.3) is 0 Å². The lowest BCUT2D eigenvalue weighted by Gasteiger charge is -2.42. The first-order valence-electron chi connectivity index (χ1n) is 8.22. The Kier molecular flexibility index (Phi) is 5.17. The number of carbonyl (C=O) groups excluding carboxylic acids is 3. The van der Waals surface area contributed by atoms with E-state index in [0.717, 1.165) is 11.8 Å². The first-order chi connectivity index (χ1) is 12.0. The van der Waals surface area contributed by atoms with Crippen LogP contribution in [0, 0.1) is 0 Å². The Bertz CT molecular complexity index is 686. The number of nitrogens with zero attached hydrogens (tertiary/aromatic N) is 2. The van der Waals surface area contributed by atoms with Crippen molar-refractivity contribution in [1.29, 1.82) is 0 Å². The minimum absolute atomic E-state index is 0.146. The first-order valence-corrected chi connectivity index (χ1v) is 9.21. The van der Waals surface area contributed by atoms with Crippen LogP contribution >= 0.6 is 11.8 Å². The summed E-state index contributed by atoms with van der Waals surface area (Å²) in [4.78, 5) is 39.0. The highest BCUT2D eigenvalue weighted by molar-refractivity contribution is 8.14. The van der Waals surface area contributed by atoms with Crippen molar-refractivity contribution < 1.29 is 23.9 Å². The van der Waals surface area contributed by atoms with Gasteiger partial charge in [-0.15, -0.1) is 0 Å². The van der Waals surface area contributed by atoms with E-state index in [0.29, 0.717) is 43.4 Å². The fourth-order valence-corrected chi connectivity index (χ4v) is 3.64. The lowest BCUT2D eigenvalue weighted by atomic mass is 10.0. The molecule has 3 amide bonds. The number of carbonyl (C=O) groups is 3. The van der Waals surface area contributed by atoms with Gasteiger partial charge in [-0.1, -0.05) is 11.8 Å². The zero-order valence-corrected chi connectivity index (χ0v) is 15.0. The lowest BCUT2D eigenvalue weighted by Crippen LogP contribution is -2.62. The van der Waals surface area contributed by atoms with Crippen molar-refractivity contribution in [2.24, 2.45) is 0 Å². The number of hydrogen-bond donors (Lipinski definition) is 0. The van der Waals surface area contributed by atoms with E-state index >= 15 is 0 Å². The fraction of sp³-hybridized carbons (Fsp3) is 0.471. The Morgan fingerprint density at radius 2 is 1.84 bits per heavy atom. The van der Waals surface area contributed by atoms with Crippen molar-refractivity contribution in [2.45, 2.75) is 19.9 Å². The van der Waals surface area contributed by atoms with Gasteiger partial charge in [0.2, 0.25) is 5.91 Å². The van der Waals surface area contributed by atoms with Crippen molar-refractivity contribution in [2.75, 3.05) is 32.1 Å². The molecule has 0 atom stereocenters. The van der Waals surface area contributed by atoms with Crippen LogP contribution in [0.1, 0.15) is 24.2 Å². The molecule has 7 nitrogen and oxygen atoms in total. The van der Waals surface area contributed by atoms with E-state index in [4.69, 9.17) is 9.47 Å². The van der Waals surface area contributed by atoms with E-state index in [2.05, 4.69) is 0 Å². The molecular weight excluding hydrogens is 344 g/mol. The minimum atomic E-state index is -0.221. The summed E-state index contributed by atoms with van der Waals surface area (Å²) in [5, 5.41) is -0.221. The summed E-state index contributed by atoms with van der Waals surface area (Å²) in [6.45, 7) is 5.47. The van der Waals surface area contributed by atoms with Crippen LogP contribution in [-0.4, -0.2) is 65.0 Å². The molecule has 1 aromatic rings. The van der Waals surface area contributed by atoms with Crippen LogP contribution in [-0.2, 0) is 4.79 Å². The van der Waals surface area contributed by atoms with Crippen molar-refractivity contribution in [3.63, 3.8) is 0 Å². The molecule has 3 rings (SSSR count). The number of hydrogen-bond acceptors (Lipinski definition) is 6. The summed E-state index contributed by atoms with van der Waals surface area (Å²) in [6, 6.07) is 4.88. The summed E-state index contributed by atoms with van der Waals surface area (Å²) in [5.41, 5.74) is 0.499. The molecule has 8 heteroatoms. The Morgan fingerprint density at radius 1 is 1.16 bits per heavy atom. The normalized spacial score (nSPS) is 17.7. The molecule has 134 valence electrons. The third kappa shape index (κ3) is 3.44. The molecule has 0 radical (unpaired) electrons. The third-order valence-corrected chi connectivity index (χ3v) is 4.92. The molecule has 2 saturated heterocycles. The molecule has 0 N–H and O–H groups in total. The first kappa shape index (κ1) is 17.6. The molecule has 25 heavy (non-hydrogen) atoms. The fourth-order valence-electron chi connectivity index (χ4n) is 2.87. The van der Waals surface area contributed by atoms with Crippen molar-refractivity contribution in [3.05, 3.63) is 23.8 Å². The molecule has 1 aromatic carbocycles. The Labute approximate surface area is 150 Å². The number of ether oxygens (including phenoxy) is 2.